The van der Waals surface area contributed by atoms with Crippen molar-refractivity contribution in [1.82, 2.24) is 19.9 Å². The summed E-state index contributed by atoms with van der Waals surface area (Å²) in [5, 5.41) is 2.88. The molecule has 4 rings (SSSR count). The predicted molar refractivity (Wildman–Crippen MR) is 104 cm³/mol. The Labute approximate surface area is 162 Å². The van der Waals surface area contributed by atoms with Crippen molar-refractivity contribution >= 4 is 17.1 Å². The van der Waals surface area contributed by atoms with Crippen LogP contribution in [0.15, 0.2) is 36.8 Å². The van der Waals surface area contributed by atoms with Crippen molar-refractivity contribution in [2.75, 3.05) is 7.11 Å². The van der Waals surface area contributed by atoms with Crippen LogP contribution in [0, 0.1) is 5.82 Å². The van der Waals surface area contributed by atoms with Crippen molar-refractivity contribution in [3.63, 3.8) is 0 Å². The van der Waals surface area contributed by atoms with Crippen LogP contribution in [-0.2, 0) is 0 Å². The Bertz CT molecular complexity index is 1010. The number of fused-ring (bicyclic) bond motifs is 1. The molecule has 1 aromatic carbocycles. The molecule has 1 saturated carbocycles. The van der Waals surface area contributed by atoms with Crippen molar-refractivity contribution in [2.24, 2.45) is 0 Å². The number of nitrogens with zero attached hydrogens (tertiary/aromatic N) is 3. The molecule has 2 heterocycles. The summed E-state index contributed by atoms with van der Waals surface area (Å²) in [5.74, 6) is -0.551. The van der Waals surface area contributed by atoms with Gasteiger partial charge in [-0.2, -0.15) is 0 Å². The fourth-order valence-corrected chi connectivity index (χ4v) is 3.81. The number of nitrogens with one attached hydrogen (secondary N) is 1. The molecule has 0 aliphatic heterocycles. The Morgan fingerprint density at radius 3 is 2.79 bits per heavy atom. The van der Waals surface area contributed by atoms with E-state index in [1.165, 1.54) is 26.0 Å². The first-order valence-electron chi connectivity index (χ1n) is 9.53. The zero-order chi connectivity index (χ0) is 19.7. The van der Waals surface area contributed by atoms with E-state index < -0.39 is 5.82 Å². The van der Waals surface area contributed by atoms with Crippen molar-refractivity contribution in [1.29, 1.82) is 0 Å². The number of pyridine rings is 1. The van der Waals surface area contributed by atoms with Gasteiger partial charge in [0.25, 0.3) is 5.91 Å². The highest BCUT2D eigenvalue weighted by molar-refractivity contribution is 5.96. The maximum absolute atomic E-state index is 13.9. The second-order valence-corrected chi connectivity index (χ2v) is 7.25. The third-order valence-electron chi connectivity index (χ3n) is 5.42. The lowest BCUT2D eigenvalue weighted by atomic mass is 10.1. The fraction of sp³-hybridized carbons (Fsp3) is 0.381. The normalized spacial score (nSPS) is 15.7. The average molecular weight is 382 g/mol. The number of hydrogen-bond acceptors (Lipinski definition) is 4. The van der Waals surface area contributed by atoms with Gasteiger partial charge in [0.2, 0.25) is 0 Å². The van der Waals surface area contributed by atoms with Crippen LogP contribution < -0.4 is 10.1 Å². The molecule has 1 fully saturated rings. The number of ether oxygens (including phenoxy) is 1. The number of carbonyl (C=O) groups is 1. The molecule has 28 heavy (non-hydrogen) atoms. The minimum absolute atomic E-state index is 0.176. The monoisotopic (exact) mass is 382 g/mol. The second-order valence-electron chi connectivity index (χ2n) is 7.25. The minimum atomic E-state index is -0.457. The lowest BCUT2D eigenvalue weighted by Gasteiger charge is -2.15. The first-order chi connectivity index (χ1) is 13.6. The Morgan fingerprint density at radius 2 is 2.07 bits per heavy atom. The summed E-state index contributed by atoms with van der Waals surface area (Å²) in [6, 6.07) is 6.49. The Kier molecular flexibility index (Phi) is 4.98. The fourth-order valence-electron chi connectivity index (χ4n) is 3.81. The van der Waals surface area contributed by atoms with Crippen LogP contribution in [0.2, 0.25) is 0 Å². The molecule has 146 valence electrons. The van der Waals surface area contributed by atoms with Crippen molar-refractivity contribution in [3.8, 4) is 5.75 Å². The maximum atomic E-state index is 13.9. The van der Waals surface area contributed by atoms with E-state index in [0.717, 1.165) is 18.5 Å². The topological polar surface area (TPSA) is 69.0 Å². The predicted octanol–water partition coefficient (Wildman–Crippen LogP) is 4.19. The minimum Gasteiger partial charge on any atom is -0.494 e. The summed E-state index contributed by atoms with van der Waals surface area (Å²) in [4.78, 5) is 21.6. The number of benzene rings is 1. The summed E-state index contributed by atoms with van der Waals surface area (Å²) in [6.07, 6.45) is 8.14. The van der Waals surface area contributed by atoms with Gasteiger partial charge >= 0.3 is 0 Å². The molecule has 0 bridgehead atoms. The number of rotatable bonds is 5. The number of hydrogen-bond donors (Lipinski definition) is 1. The summed E-state index contributed by atoms with van der Waals surface area (Å²) < 4.78 is 21.0. The van der Waals surface area contributed by atoms with Gasteiger partial charge in [-0.3, -0.25) is 4.79 Å². The number of halogens is 1. The number of methoxy groups -OCH3 is 1. The highest BCUT2D eigenvalue weighted by Gasteiger charge is 2.20. The highest BCUT2D eigenvalue weighted by atomic mass is 19.1. The quantitative estimate of drug-likeness (QED) is 0.719. The van der Waals surface area contributed by atoms with E-state index in [0.29, 0.717) is 22.7 Å². The van der Waals surface area contributed by atoms with Gasteiger partial charge in [0.05, 0.1) is 25.0 Å². The van der Waals surface area contributed by atoms with Crippen molar-refractivity contribution < 1.29 is 13.9 Å². The molecule has 1 N–H and O–H groups in total. The van der Waals surface area contributed by atoms with E-state index in [9.17, 15) is 9.18 Å². The Hall–Kier alpha value is -2.96. The molecular formula is C21H23FN4O2. The van der Waals surface area contributed by atoms with Gasteiger partial charge in [0.15, 0.2) is 17.2 Å². The van der Waals surface area contributed by atoms with Crippen LogP contribution in [0.4, 0.5) is 4.39 Å². The molecule has 1 aliphatic carbocycles. The smallest absolute Gasteiger partial charge is 0.253 e. The first-order valence-corrected chi connectivity index (χ1v) is 9.53. The number of imidazole rings is 1. The molecule has 3 aromatic rings. The van der Waals surface area contributed by atoms with Gasteiger partial charge in [-0.05, 0) is 43.5 Å². The maximum Gasteiger partial charge on any atom is 0.253 e. The van der Waals surface area contributed by atoms with E-state index in [1.807, 2.05) is 6.33 Å². The molecule has 1 atom stereocenters. The van der Waals surface area contributed by atoms with Gasteiger partial charge in [-0.1, -0.05) is 18.9 Å². The van der Waals surface area contributed by atoms with E-state index in [2.05, 4.69) is 19.9 Å². The van der Waals surface area contributed by atoms with Crippen LogP contribution in [0.25, 0.3) is 11.2 Å². The summed E-state index contributed by atoms with van der Waals surface area (Å²) in [6.45, 7) is 1.81. The second kappa shape index (κ2) is 7.58. The van der Waals surface area contributed by atoms with Crippen LogP contribution in [-0.4, -0.2) is 27.6 Å². The van der Waals surface area contributed by atoms with E-state index in [1.54, 1.807) is 31.3 Å². The van der Waals surface area contributed by atoms with Gasteiger partial charge in [-0.15, -0.1) is 0 Å². The van der Waals surface area contributed by atoms with E-state index in [4.69, 9.17) is 4.74 Å². The molecule has 2 aromatic heterocycles. The van der Waals surface area contributed by atoms with Crippen LogP contribution in [0.1, 0.15) is 60.6 Å². The number of amides is 1. The van der Waals surface area contributed by atoms with Crippen LogP contribution >= 0.6 is 0 Å². The molecule has 0 saturated heterocycles. The molecule has 1 amide bonds. The standard InChI is InChI=1S/C21H23FN4O2/c1-13(14-7-8-19(28-2)17(22)9-14)25-21(27)15-10-18-20(23-11-15)26(12-24-18)16-5-3-4-6-16/h7-13,16H,3-6H2,1-2H3,(H,25,27). The SMILES string of the molecule is COc1ccc(C(C)NC(=O)c2cnc3c(c2)ncn3C2CCCC2)cc1F. The Balaban J connectivity index is 1.51. The van der Waals surface area contributed by atoms with Crippen LogP contribution in [0.5, 0.6) is 5.75 Å². The van der Waals surface area contributed by atoms with Gasteiger partial charge < -0.3 is 14.6 Å². The van der Waals surface area contributed by atoms with Gasteiger partial charge in [-0.25, -0.2) is 14.4 Å². The number of aromatic nitrogens is 3. The molecule has 0 radical (unpaired) electrons. The lowest BCUT2D eigenvalue weighted by Crippen LogP contribution is -2.26. The lowest BCUT2D eigenvalue weighted by molar-refractivity contribution is 0.0939. The largest absolute Gasteiger partial charge is 0.494 e. The summed E-state index contributed by atoms with van der Waals surface area (Å²) in [5.41, 5.74) is 2.62. The average Bonchev–Trinajstić information content (AvgIpc) is 3.36. The molecule has 1 unspecified atom stereocenters. The zero-order valence-electron chi connectivity index (χ0n) is 16.0. The molecule has 7 heteroatoms. The van der Waals surface area contributed by atoms with E-state index >= 15 is 0 Å². The zero-order valence-corrected chi connectivity index (χ0v) is 16.0. The molecule has 6 nitrogen and oxygen atoms in total. The van der Waals surface area contributed by atoms with Crippen LogP contribution in [0.3, 0.4) is 0 Å². The third-order valence-corrected chi connectivity index (χ3v) is 5.42. The third kappa shape index (κ3) is 3.44. The van der Waals surface area contributed by atoms with Gasteiger partial charge in [0.1, 0.15) is 5.52 Å². The Morgan fingerprint density at radius 1 is 1.29 bits per heavy atom. The summed E-state index contributed by atoms with van der Waals surface area (Å²) in [7, 11) is 1.42. The molecule has 0 spiro atoms. The van der Waals surface area contributed by atoms with Crippen molar-refractivity contribution in [3.05, 3.63) is 53.7 Å². The first kappa shape index (κ1) is 18.4. The summed E-state index contributed by atoms with van der Waals surface area (Å²) >= 11 is 0. The highest BCUT2D eigenvalue weighted by Crippen LogP contribution is 2.31. The van der Waals surface area contributed by atoms with Gasteiger partial charge in [0, 0.05) is 12.2 Å². The number of carbonyl (C=O) groups excluding carboxylic acids is 1. The molecule has 1 aliphatic rings. The molecular weight excluding hydrogens is 359 g/mol. The van der Waals surface area contributed by atoms with E-state index in [-0.39, 0.29) is 17.7 Å². The van der Waals surface area contributed by atoms with Crippen molar-refractivity contribution in [2.45, 2.75) is 44.7 Å².